The van der Waals surface area contributed by atoms with Gasteiger partial charge in [-0.05, 0) is 17.2 Å². The average molecular weight is 285 g/mol. The molecule has 0 radical (unpaired) electrons. The zero-order chi connectivity index (χ0) is 13.0. The molecule has 1 amide bonds. The van der Waals surface area contributed by atoms with Crippen LogP contribution in [-0.4, -0.2) is 28.2 Å². The van der Waals surface area contributed by atoms with Crippen molar-refractivity contribution in [2.75, 3.05) is 7.11 Å². The minimum Gasteiger partial charge on any atom is -0.481 e. The predicted molar refractivity (Wildman–Crippen MR) is 66.9 cm³/mol. The van der Waals surface area contributed by atoms with Crippen molar-refractivity contribution in [1.82, 2.24) is 20.5 Å². The zero-order valence-electron chi connectivity index (χ0n) is 9.38. The maximum absolute atomic E-state index is 11.6. The summed E-state index contributed by atoms with van der Waals surface area (Å²) in [6, 6.07) is 3.54. The Morgan fingerprint density at radius 3 is 2.89 bits per heavy atom. The molecule has 2 aromatic heterocycles. The summed E-state index contributed by atoms with van der Waals surface area (Å²) in [6.45, 7) is 0.354. The molecule has 0 unspecified atom stereocenters. The van der Waals surface area contributed by atoms with Crippen molar-refractivity contribution in [2.24, 2.45) is 0 Å². The van der Waals surface area contributed by atoms with Crippen molar-refractivity contribution >= 4 is 28.8 Å². The summed E-state index contributed by atoms with van der Waals surface area (Å²) >= 11 is 6.63. The molecule has 0 aliphatic carbocycles. The van der Waals surface area contributed by atoms with Crippen molar-refractivity contribution in [3.05, 3.63) is 33.4 Å². The summed E-state index contributed by atoms with van der Waals surface area (Å²) < 4.78 is 5.18. The fraction of sp³-hybridized carbons (Fsp3) is 0.200. The smallest absolute Gasteiger partial charge is 0.282 e. The van der Waals surface area contributed by atoms with Crippen LogP contribution in [0, 0.1) is 0 Å². The topological polar surface area (TPSA) is 77.0 Å². The number of rotatable bonds is 4. The number of aromatic nitrogens is 3. The zero-order valence-corrected chi connectivity index (χ0v) is 11.0. The van der Waals surface area contributed by atoms with E-state index in [2.05, 4.69) is 20.5 Å². The molecule has 0 aliphatic rings. The van der Waals surface area contributed by atoms with Crippen LogP contribution < -0.4 is 10.1 Å². The second-order valence-corrected chi connectivity index (χ2v) is 4.81. The highest BCUT2D eigenvalue weighted by atomic mass is 35.5. The Kier molecular flexibility index (Phi) is 4.06. The van der Waals surface area contributed by atoms with Gasteiger partial charge in [0, 0.05) is 18.8 Å². The van der Waals surface area contributed by atoms with Crippen molar-refractivity contribution in [3.63, 3.8) is 0 Å². The van der Waals surface area contributed by atoms with E-state index >= 15 is 0 Å². The number of nitrogens with one attached hydrogen (secondary N) is 1. The Morgan fingerprint density at radius 1 is 1.50 bits per heavy atom. The summed E-state index contributed by atoms with van der Waals surface area (Å²) in [5, 5.41) is 10.1. The van der Waals surface area contributed by atoms with E-state index in [1.165, 1.54) is 0 Å². The highest BCUT2D eigenvalue weighted by Crippen LogP contribution is 2.14. The molecule has 0 bridgehead atoms. The maximum Gasteiger partial charge on any atom is 0.282 e. The minimum atomic E-state index is -0.310. The Labute approximate surface area is 112 Å². The third-order valence-electron chi connectivity index (χ3n) is 2.05. The molecule has 0 spiro atoms. The number of carbonyl (C=O) groups is 1. The van der Waals surface area contributed by atoms with E-state index in [-0.39, 0.29) is 15.4 Å². The number of pyridine rings is 1. The molecule has 2 aromatic rings. The Bertz CT molecular complexity index is 543. The van der Waals surface area contributed by atoms with E-state index in [9.17, 15) is 4.79 Å². The third kappa shape index (κ3) is 3.14. The van der Waals surface area contributed by atoms with Gasteiger partial charge in [-0.15, -0.1) is 10.2 Å². The number of hydrogen-bond acceptors (Lipinski definition) is 6. The van der Waals surface area contributed by atoms with E-state index in [0.717, 1.165) is 16.9 Å². The average Bonchev–Trinajstić information content (AvgIpc) is 2.83. The molecule has 2 heterocycles. The van der Waals surface area contributed by atoms with E-state index < -0.39 is 0 Å². The van der Waals surface area contributed by atoms with Gasteiger partial charge in [-0.2, -0.15) is 0 Å². The first-order chi connectivity index (χ1) is 8.69. The predicted octanol–water partition coefficient (Wildman–Crippen LogP) is 1.53. The van der Waals surface area contributed by atoms with Crippen LogP contribution in [0.4, 0.5) is 0 Å². The van der Waals surface area contributed by atoms with E-state index in [0.29, 0.717) is 12.4 Å². The first-order valence-corrected chi connectivity index (χ1v) is 6.14. The van der Waals surface area contributed by atoms with Crippen LogP contribution in [0.25, 0.3) is 0 Å². The number of nitrogens with zero attached hydrogens (tertiary/aromatic N) is 3. The first-order valence-electron chi connectivity index (χ1n) is 4.95. The Hall–Kier alpha value is -1.73. The number of hydrogen-bond donors (Lipinski definition) is 1. The lowest BCUT2D eigenvalue weighted by Gasteiger charge is -2.03. The number of amides is 1. The van der Waals surface area contributed by atoms with Crippen LogP contribution in [0.2, 0.25) is 4.47 Å². The summed E-state index contributed by atoms with van der Waals surface area (Å²) in [7, 11) is 1.54. The van der Waals surface area contributed by atoms with Crippen LogP contribution in [0.15, 0.2) is 18.3 Å². The lowest BCUT2D eigenvalue weighted by molar-refractivity contribution is 0.0950. The van der Waals surface area contributed by atoms with Crippen LogP contribution in [0.3, 0.4) is 0 Å². The second-order valence-electron chi connectivity index (χ2n) is 3.25. The molecule has 2 rings (SSSR count). The highest BCUT2D eigenvalue weighted by molar-refractivity contribution is 7.17. The van der Waals surface area contributed by atoms with Crippen molar-refractivity contribution in [1.29, 1.82) is 0 Å². The molecule has 0 atom stereocenters. The summed E-state index contributed by atoms with van der Waals surface area (Å²) in [5.41, 5.74) is 0.861. The number of carbonyl (C=O) groups excluding carboxylic acids is 1. The largest absolute Gasteiger partial charge is 0.481 e. The molecule has 0 fully saturated rings. The van der Waals surface area contributed by atoms with Crippen LogP contribution >= 0.6 is 22.9 Å². The molecule has 0 aliphatic heterocycles. The number of methoxy groups -OCH3 is 1. The molecule has 18 heavy (non-hydrogen) atoms. The summed E-state index contributed by atoms with van der Waals surface area (Å²) in [4.78, 5) is 15.7. The molecular formula is C10H9ClN4O2S. The number of ether oxygens (including phenoxy) is 1. The SMILES string of the molecule is COc1ccc(CNC(=O)c2nnc(Cl)s2)cn1. The van der Waals surface area contributed by atoms with Gasteiger partial charge >= 0.3 is 0 Å². The van der Waals surface area contributed by atoms with E-state index in [1.807, 2.05) is 6.07 Å². The molecular weight excluding hydrogens is 276 g/mol. The highest BCUT2D eigenvalue weighted by Gasteiger charge is 2.11. The molecule has 0 saturated carbocycles. The van der Waals surface area contributed by atoms with E-state index in [4.69, 9.17) is 16.3 Å². The lowest BCUT2D eigenvalue weighted by atomic mass is 10.3. The molecule has 6 nitrogen and oxygen atoms in total. The third-order valence-corrected chi connectivity index (χ3v) is 3.07. The summed E-state index contributed by atoms with van der Waals surface area (Å²) in [6.07, 6.45) is 1.63. The van der Waals surface area contributed by atoms with Crippen LogP contribution in [0.1, 0.15) is 15.4 Å². The Balaban J connectivity index is 1.92. The van der Waals surface area contributed by atoms with Crippen molar-refractivity contribution in [2.45, 2.75) is 6.54 Å². The molecule has 0 saturated heterocycles. The van der Waals surface area contributed by atoms with Gasteiger partial charge in [-0.25, -0.2) is 4.98 Å². The Morgan fingerprint density at radius 2 is 2.33 bits per heavy atom. The molecule has 0 aromatic carbocycles. The lowest BCUT2D eigenvalue weighted by Crippen LogP contribution is -2.22. The minimum absolute atomic E-state index is 0.237. The fourth-order valence-corrected chi connectivity index (χ4v) is 1.94. The van der Waals surface area contributed by atoms with Gasteiger partial charge in [0.15, 0.2) is 0 Å². The molecule has 1 N–H and O–H groups in total. The second kappa shape index (κ2) is 5.74. The van der Waals surface area contributed by atoms with Gasteiger partial charge < -0.3 is 10.1 Å². The maximum atomic E-state index is 11.6. The van der Waals surface area contributed by atoms with Gasteiger partial charge in [0.25, 0.3) is 5.91 Å². The normalized spacial score (nSPS) is 10.1. The van der Waals surface area contributed by atoms with Crippen molar-refractivity contribution < 1.29 is 9.53 Å². The van der Waals surface area contributed by atoms with Gasteiger partial charge in [0.2, 0.25) is 15.4 Å². The standard InChI is InChI=1S/C10H9ClN4O2S/c1-17-7-3-2-6(4-12-7)5-13-8(16)9-14-15-10(11)18-9/h2-4H,5H2,1H3,(H,13,16). The van der Waals surface area contributed by atoms with E-state index in [1.54, 1.807) is 19.4 Å². The van der Waals surface area contributed by atoms with Gasteiger partial charge in [-0.1, -0.05) is 17.4 Å². The quantitative estimate of drug-likeness (QED) is 0.921. The fourth-order valence-electron chi connectivity index (χ4n) is 1.19. The summed E-state index contributed by atoms with van der Waals surface area (Å²) in [5.74, 6) is 0.219. The van der Waals surface area contributed by atoms with Crippen LogP contribution in [0.5, 0.6) is 5.88 Å². The molecule has 8 heteroatoms. The molecule has 94 valence electrons. The van der Waals surface area contributed by atoms with Gasteiger partial charge in [0.05, 0.1) is 7.11 Å². The monoisotopic (exact) mass is 284 g/mol. The van der Waals surface area contributed by atoms with Crippen LogP contribution in [-0.2, 0) is 6.54 Å². The first kappa shape index (κ1) is 12.7. The van der Waals surface area contributed by atoms with Gasteiger partial charge in [-0.3, -0.25) is 4.79 Å². The number of halogens is 1. The van der Waals surface area contributed by atoms with Crippen molar-refractivity contribution in [3.8, 4) is 5.88 Å². The van der Waals surface area contributed by atoms with Gasteiger partial charge in [0.1, 0.15) is 0 Å².